The molecule has 3 rings (SSSR count). The maximum atomic E-state index is 12.6. The lowest BCUT2D eigenvalue weighted by Gasteiger charge is -2.34. The number of piperidine rings is 1. The summed E-state index contributed by atoms with van der Waals surface area (Å²) in [6, 6.07) is 7.81. The van der Waals surface area contributed by atoms with Crippen molar-refractivity contribution in [2.75, 3.05) is 43.9 Å². The van der Waals surface area contributed by atoms with Crippen molar-refractivity contribution in [2.45, 2.75) is 17.7 Å². The molecule has 1 aromatic rings. The van der Waals surface area contributed by atoms with Gasteiger partial charge in [0.2, 0.25) is 11.8 Å². The highest BCUT2D eigenvalue weighted by atomic mass is 35.5. The molecule has 0 bridgehead atoms. The van der Waals surface area contributed by atoms with E-state index in [4.69, 9.17) is 0 Å². The zero-order valence-corrected chi connectivity index (χ0v) is 15.5. The number of nitrogens with zero attached hydrogens (tertiary/aromatic N) is 2. The first-order chi connectivity index (χ1) is 11.2. The van der Waals surface area contributed by atoms with E-state index in [9.17, 15) is 9.59 Å². The highest BCUT2D eigenvalue weighted by molar-refractivity contribution is 8.00. The predicted octanol–water partition coefficient (Wildman–Crippen LogP) is 2.01. The van der Waals surface area contributed by atoms with Crippen LogP contribution in [0.5, 0.6) is 0 Å². The van der Waals surface area contributed by atoms with Gasteiger partial charge < -0.3 is 15.1 Å². The van der Waals surface area contributed by atoms with Crippen molar-refractivity contribution >= 4 is 41.7 Å². The molecule has 0 atom stereocenters. The van der Waals surface area contributed by atoms with E-state index < -0.39 is 0 Å². The number of thioether (sulfide) groups is 1. The van der Waals surface area contributed by atoms with Crippen LogP contribution in [0.15, 0.2) is 29.2 Å². The first-order valence-electron chi connectivity index (χ1n) is 8.13. The fourth-order valence-corrected chi connectivity index (χ4v) is 4.17. The average molecular weight is 370 g/mol. The van der Waals surface area contributed by atoms with Crippen LogP contribution in [0.2, 0.25) is 0 Å². The van der Waals surface area contributed by atoms with Gasteiger partial charge in [0.15, 0.2) is 0 Å². The molecule has 2 heterocycles. The molecule has 2 aliphatic rings. The van der Waals surface area contributed by atoms with Crippen LogP contribution in [0.4, 0.5) is 5.69 Å². The molecule has 0 aromatic heterocycles. The molecule has 7 heteroatoms. The summed E-state index contributed by atoms with van der Waals surface area (Å²) >= 11 is 1.55. The van der Waals surface area contributed by atoms with Gasteiger partial charge in [-0.15, -0.1) is 24.2 Å². The van der Waals surface area contributed by atoms with E-state index in [0.29, 0.717) is 11.7 Å². The van der Waals surface area contributed by atoms with E-state index in [1.54, 1.807) is 16.7 Å². The molecule has 0 unspecified atom stereocenters. The Balaban J connectivity index is 0.00000208. The van der Waals surface area contributed by atoms with Gasteiger partial charge in [0.1, 0.15) is 6.54 Å². The Bertz CT molecular complexity index is 591. The lowest BCUT2D eigenvalue weighted by molar-refractivity contribution is -0.132. The van der Waals surface area contributed by atoms with Crippen LogP contribution in [-0.2, 0) is 9.59 Å². The van der Waals surface area contributed by atoms with Gasteiger partial charge in [-0.3, -0.25) is 9.59 Å². The van der Waals surface area contributed by atoms with Crippen LogP contribution in [0.25, 0.3) is 0 Å². The first kappa shape index (κ1) is 19.1. The number of para-hydroxylation sites is 1. The Hall–Kier alpha value is -1.24. The van der Waals surface area contributed by atoms with Crippen molar-refractivity contribution in [2.24, 2.45) is 5.92 Å². The van der Waals surface area contributed by atoms with Crippen LogP contribution in [0.3, 0.4) is 0 Å². The molecule has 2 amide bonds. The molecule has 1 N–H and O–H groups in total. The zero-order valence-electron chi connectivity index (χ0n) is 13.9. The Morgan fingerprint density at radius 2 is 2.00 bits per heavy atom. The Kier molecular flexibility index (Phi) is 6.95. The van der Waals surface area contributed by atoms with Crippen molar-refractivity contribution in [1.82, 2.24) is 10.2 Å². The second-order valence-corrected chi connectivity index (χ2v) is 7.14. The van der Waals surface area contributed by atoms with Gasteiger partial charge in [-0.25, -0.2) is 0 Å². The van der Waals surface area contributed by atoms with Gasteiger partial charge in [0.05, 0.1) is 11.4 Å². The van der Waals surface area contributed by atoms with Crippen LogP contribution >= 0.6 is 24.2 Å². The van der Waals surface area contributed by atoms with Gasteiger partial charge >= 0.3 is 0 Å². The fraction of sp³-hybridized carbons (Fsp3) is 0.529. The maximum Gasteiger partial charge on any atom is 0.242 e. The van der Waals surface area contributed by atoms with Gasteiger partial charge in [-0.05, 0) is 44.5 Å². The molecular weight excluding hydrogens is 346 g/mol. The summed E-state index contributed by atoms with van der Waals surface area (Å²) in [7, 11) is 1.97. The van der Waals surface area contributed by atoms with Crippen LogP contribution in [-0.4, -0.2) is 55.7 Å². The van der Waals surface area contributed by atoms with Gasteiger partial charge in [-0.1, -0.05) is 12.1 Å². The number of rotatable bonds is 4. The van der Waals surface area contributed by atoms with E-state index in [1.807, 2.05) is 36.2 Å². The molecule has 1 saturated heterocycles. The molecular formula is C17H24ClN3O2S. The molecule has 5 nitrogen and oxygen atoms in total. The molecule has 132 valence electrons. The van der Waals surface area contributed by atoms with Crippen molar-refractivity contribution in [1.29, 1.82) is 0 Å². The quantitative estimate of drug-likeness (QED) is 0.882. The topological polar surface area (TPSA) is 52.7 Å². The molecule has 1 fully saturated rings. The second kappa shape index (κ2) is 8.74. The average Bonchev–Trinajstić information content (AvgIpc) is 2.58. The second-order valence-electron chi connectivity index (χ2n) is 6.12. The normalized spacial score (nSPS) is 18.1. The summed E-state index contributed by atoms with van der Waals surface area (Å²) in [4.78, 5) is 29.5. The number of benzene rings is 1. The Labute approximate surface area is 153 Å². The van der Waals surface area contributed by atoms with Crippen molar-refractivity contribution < 1.29 is 9.59 Å². The molecule has 0 spiro atoms. The minimum Gasteiger partial charge on any atom is -0.341 e. The zero-order chi connectivity index (χ0) is 16.2. The molecule has 0 aliphatic carbocycles. The number of fused-ring (bicyclic) bond motifs is 1. The number of hydrogen-bond donors (Lipinski definition) is 1. The van der Waals surface area contributed by atoms with E-state index >= 15 is 0 Å². The summed E-state index contributed by atoms with van der Waals surface area (Å²) in [6.07, 6.45) is 2.07. The maximum absolute atomic E-state index is 12.6. The third kappa shape index (κ3) is 4.23. The Morgan fingerprint density at radius 3 is 2.71 bits per heavy atom. The number of nitrogens with one attached hydrogen (secondary N) is 1. The SMILES string of the molecule is CNCC1CCN(C(=O)CN2C(=O)CSc3ccccc32)CC1.Cl. The summed E-state index contributed by atoms with van der Waals surface area (Å²) < 4.78 is 0. The van der Waals surface area contributed by atoms with Gasteiger partial charge in [0.25, 0.3) is 0 Å². The lowest BCUT2D eigenvalue weighted by atomic mass is 9.97. The number of carbonyl (C=O) groups excluding carboxylic acids is 2. The molecule has 2 aliphatic heterocycles. The van der Waals surface area contributed by atoms with Gasteiger partial charge in [-0.2, -0.15) is 0 Å². The standard InChI is InChI=1S/C17H23N3O2S.ClH/c1-18-10-13-6-8-19(9-7-13)16(21)11-20-14-4-2-3-5-15(14)23-12-17(20)22;/h2-5,13,18H,6-12H2,1H3;1H. The Morgan fingerprint density at radius 1 is 1.29 bits per heavy atom. The molecule has 0 saturated carbocycles. The summed E-state index contributed by atoms with van der Waals surface area (Å²) in [5.74, 6) is 1.14. The highest BCUT2D eigenvalue weighted by Crippen LogP contribution is 2.34. The summed E-state index contributed by atoms with van der Waals surface area (Å²) in [5.41, 5.74) is 0.868. The van der Waals surface area contributed by atoms with E-state index in [2.05, 4.69) is 5.32 Å². The predicted molar refractivity (Wildman–Crippen MR) is 100.0 cm³/mol. The first-order valence-corrected chi connectivity index (χ1v) is 9.12. The minimum absolute atomic E-state index is 0. The third-order valence-electron chi connectivity index (χ3n) is 4.56. The molecule has 0 radical (unpaired) electrons. The number of carbonyl (C=O) groups is 2. The number of anilines is 1. The number of halogens is 1. The van der Waals surface area contributed by atoms with Crippen molar-refractivity contribution in [3.8, 4) is 0 Å². The fourth-order valence-electron chi connectivity index (χ4n) is 3.24. The van der Waals surface area contributed by atoms with Gasteiger partial charge in [0, 0.05) is 18.0 Å². The van der Waals surface area contributed by atoms with Crippen LogP contribution in [0, 0.1) is 5.92 Å². The summed E-state index contributed by atoms with van der Waals surface area (Å²) in [5, 5.41) is 3.21. The lowest BCUT2D eigenvalue weighted by Crippen LogP contribution is -2.47. The van der Waals surface area contributed by atoms with Crippen LogP contribution < -0.4 is 10.2 Å². The molecule has 24 heavy (non-hydrogen) atoms. The van der Waals surface area contributed by atoms with Crippen LogP contribution in [0.1, 0.15) is 12.8 Å². The number of amides is 2. The van der Waals surface area contributed by atoms with E-state index in [0.717, 1.165) is 43.1 Å². The number of hydrogen-bond acceptors (Lipinski definition) is 4. The molecule has 1 aromatic carbocycles. The van der Waals surface area contributed by atoms with E-state index in [-0.39, 0.29) is 30.8 Å². The number of likely N-dealkylation sites (tertiary alicyclic amines) is 1. The smallest absolute Gasteiger partial charge is 0.242 e. The van der Waals surface area contributed by atoms with Crippen molar-refractivity contribution in [3.05, 3.63) is 24.3 Å². The van der Waals surface area contributed by atoms with Crippen molar-refractivity contribution in [3.63, 3.8) is 0 Å². The van der Waals surface area contributed by atoms with E-state index in [1.165, 1.54) is 0 Å². The monoisotopic (exact) mass is 369 g/mol. The largest absolute Gasteiger partial charge is 0.341 e. The minimum atomic E-state index is 0. The highest BCUT2D eigenvalue weighted by Gasteiger charge is 2.29. The summed E-state index contributed by atoms with van der Waals surface area (Å²) in [6.45, 7) is 2.76. The third-order valence-corrected chi connectivity index (χ3v) is 5.61.